The zero-order valence-corrected chi connectivity index (χ0v) is 12.1. The van der Waals surface area contributed by atoms with Gasteiger partial charge in [0, 0.05) is 32.4 Å². The summed E-state index contributed by atoms with van der Waals surface area (Å²) < 4.78 is 0. The van der Waals surface area contributed by atoms with Gasteiger partial charge in [0.1, 0.15) is 5.82 Å². The standard InChI is InChI=1S/C13H27N5/c1-16(2)12-8-6-5-7-11(12)14-13-9-17(3)10-18(4)15-13/h9,11-12,14-15H,5-8,10H2,1-4H3. The Hall–Kier alpha value is -0.940. The lowest BCUT2D eigenvalue weighted by atomic mass is 9.89. The van der Waals surface area contributed by atoms with Gasteiger partial charge in [-0.05, 0) is 26.9 Å². The number of rotatable bonds is 3. The van der Waals surface area contributed by atoms with Crippen LogP contribution in [0, 0.1) is 0 Å². The van der Waals surface area contributed by atoms with Crippen molar-refractivity contribution in [3.8, 4) is 0 Å². The number of nitrogens with one attached hydrogen (secondary N) is 2. The van der Waals surface area contributed by atoms with Crippen LogP contribution in [0.25, 0.3) is 0 Å². The Bertz CT molecular complexity index is 302. The van der Waals surface area contributed by atoms with Crippen molar-refractivity contribution < 1.29 is 0 Å². The maximum absolute atomic E-state index is 3.68. The second kappa shape index (κ2) is 5.80. The van der Waals surface area contributed by atoms with E-state index in [1.54, 1.807) is 0 Å². The molecule has 1 fully saturated rings. The molecule has 104 valence electrons. The molecule has 0 saturated heterocycles. The zero-order chi connectivity index (χ0) is 13.1. The Labute approximate surface area is 111 Å². The minimum absolute atomic E-state index is 0.549. The van der Waals surface area contributed by atoms with Crippen molar-refractivity contribution in [2.45, 2.75) is 37.8 Å². The van der Waals surface area contributed by atoms with Gasteiger partial charge >= 0.3 is 0 Å². The summed E-state index contributed by atoms with van der Waals surface area (Å²) in [5, 5.41) is 5.77. The maximum Gasteiger partial charge on any atom is 0.130 e. The minimum atomic E-state index is 0.549. The summed E-state index contributed by atoms with van der Waals surface area (Å²) in [6.45, 7) is 0.910. The first kappa shape index (κ1) is 13.5. The highest BCUT2D eigenvalue weighted by Crippen LogP contribution is 2.22. The van der Waals surface area contributed by atoms with E-state index in [1.807, 2.05) is 0 Å². The van der Waals surface area contributed by atoms with Crippen molar-refractivity contribution in [3.63, 3.8) is 0 Å². The van der Waals surface area contributed by atoms with Crippen LogP contribution in [0.4, 0.5) is 0 Å². The van der Waals surface area contributed by atoms with Crippen LogP contribution in [0.3, 0.4) is 0 Å². The molecule has 2 rings (SSSR count). The Morgan fingerprint density at radius 1 is 1.28 bits per heavy atom. The molecule has 2 N–H and O–H groups in total. The second-order valence-corrected chi connectivity index (χ2v) is 5.82. The summed E-state index contributed by atoms with van der Waals surface area (Å²) in [6.07, 6.45) is 7.40. The molecule has 0 aromatic heterocycles. The third-order valence-electron chi connectivity index (χ3n) is 3.83. The third-order valence-corrected chi connectivity index (χ3v) is 3.83. The van der Waals surface area contributed by atoms with Gasteiger partial charge < -0.3 is 20.5 Å². The van der Waals surface area contributed by atoms with E-state index in [-0.39, 0.29) is 0 Å². The predicted octanol–water partition coefficient (Wildman–Crippen LogP) is 0.587. The van der Waals surface area contributed by atoms with Gasteiger partial charge in [-0.25, -0.2) is 5.01 Å². The molecular weight excluding hydrogens is 226 g/mol. The highest BCUT2D eigenvalue weighted by atomic mass is 15.6. The zero-order valence-electron chi connectivity index (χ0n) is 12.1. The predicted molar refractivity (Wildman–Crippen MR) is 74.5 cm³/mol. The van der Waals surface area contributed by atoms with Gasteiger partial charge in [-0.3, -0.25) is 0 Å². The van der Waals surface area contributed by atoms with E-state index in [2.05, 4.69) is 59.9 Å². The van der Waals surface area contributed by atoms with E-state index in [9.17, 15) is 0 Å². The number of hydrazine groups is 1. The molecule has 0 bridgehead atoms. The highest BCUT2D eigenvalue weighted by Gasteiger charge is 2.27. The van der Waals surface area contributed by atoms with Gasteiger partial charge in [-0.15, -0.1) is 0 Å². The van der Waals surface area contributed by atoms with Crippen LogP contribution in [0.5, 0.6) is 0 Å². The monoisotopic (exact) mass is 253 g/mol. The molecule has 1 aliphatic heterocycles. The topological polar surface area (TPSA) is 33.8 Å². The Morgan fingerprint density at radius 2 is 2.00 bits per heavy atom. The van der Waals surface area contributed by atoms with Crippen LogP contribution in [0.15, 0.2) is 12.0 Å². The number of likely N-dealkylation sites (N-methyl/N-ethyl adjacent to an activating group) is 1. The molecule has 2 unspecified atom stereocenters. The molecule has 0 aromatic rings. The van der Waals surface area contributed by atoms with E-state index in [4.69, 9.17) is 0 Å². The fraction of sp³-hybridized carbons (Fsp3) is 0.846. The van der Waals surface area contributed by atoms with Gasteiger partial charge in [0.05, 0.1) is 6.67 Å². The average Bonchev–Trinajstić information content (AvgIpc) is 2.27. The minimum Gasteiger partial charge on any atom is -0.365 e. The van der Waals surface area contributed by atoms with Crippen molar-refractivity contribution in [1.82, 2.24) is 25.6 Å². The Morgan fingerprint density at radius 3 is 2.67 bits per heavy atom. The van der Waals surface area contributed by atoms with Crippen molar-refractivity contribution in [2.24, 2.45) is 0 Å². The van der Waals surface area contributed by atoms with Crippen molar-refractivity contribution >= 4 is 0 Å². The van der Waals surface area contributed by atoms with E-state index in [0.29, 0.717) is 12.1 Å². The third kappa shape index (κ3) is 3.29. The van der Waals surface area contributed by atoms with E-state index in [0.717, 1.165) is 12.5 Å². The largest absolute Gasteiger partial charge is 0.365 e. The lowest BCUT2D eigenvalue weighted by Crippen LogP contribution is -2.54. The van der Waals surface area contributed by atoms with Gasteiger partial charge in [-0.1, -0.05) is 12.8 Å². The van der Waals surface area contributed by atoms with Gasteiger partial charge in [0.25, 0.3) is 0 Å². The average molecular weight is 253 g/mol. The number of hydrogen-bond donors (Lipinski definition) is 2. The van der Waals surface area contributed by atoms with Gasteiger partial charge in [0.15, 0.2) is 0 Å². The summed E-state index contributed by atoms with van der Waals surface area (Å²) in [7, 11) is 8.54. The molecule has 2 aliphatic rings. The van der Waals surface area contributed by atoms with Crippen LogP contribution in [0.1, 0.15) is 25.7 Å². The van der Waals surface area contributed by atoms with E-state index < -0.39 is 0 Å². The molecule has 2 atom stereocenters. The molecular formula is C13H27N5. The van der Waals surface area contributed by atoms with E-state index in [1.165, 1.54) is 25.7 Å². The quantitative estimate of drug-likeness (QED) is 0.769. The molecule has 1 saturated carbocycles. The summed E-state index contributed by atoms with van der Waals surface area (Å²) >= 11 is 0. The summed E-state index contributed by atoms with van der Waals surface area (Å²) in [6, 6.07) is 1.19. The molecule has 0 radical (unpaired) electrons. The summed E-state index contributed by atoms with van der Waals surface area (Å²) in [4.78, 5) is 4.54. The van der Waals surface area contributed by atoms with Crippen LogP contribution in [0.2, 0.25) is 0 Å². The van der Waals surface area contributed by atoms with Crippen LogP contribution < -0.4 is 10.7 Å². The van der Waals surface area contributed by atoms with Crippen molar-refractivity contribution in [3.05, 3.63) is 12.0 Å². The lowest BCUT2D eigenvalue weighted by molar-refractivity contribution is 0.133. The Kier molecular flexibility index (Phi) is 4.35. The normalized spacial score (nSPS) is 30.1. The molecule has 0 spiro atoms. The fourth-order valence-electron chi connectivity index (χ4n) is 3.03. The SMILES string of the molecule is CN1C=C(NC2CCCCC2N(C)C)NN(C)C1. The number of nitrogens with zero attached hydrogens (tertiary/aromatic N) is 3. The molecule has 0 aromatic carbocycles. The van der Waals surface area contributed by atoms with E-state index >= 15 is 0 Å². The first-order valence-electron chi connectivity index (χ1n) is 6.89. The lowest BCUT2D eigenvalue weighted by Gasteiger charge is -2.40. The van der Waals surface area contributed by atoms with Gasteiger partial charge in [0.2, 0.25) is 0 Å². The van der Waals surface area contributed by atoms with Crippen LogP contribution in [-0.2, 0) is 0 Å². The molecule has 1 aliphatic carbocycles. The van der Waals surface area contributed by atoms with Crippen LogP contribution in [-0.4, -0.2) is 61.8 Å². The summed E-state index contributed by atoms with van der Waals surface area (Å²) in [5.41, 5.74) is 3.38. The first-order valence-corrected chi connectivity index (χ1v) is 6.89. The summed E-state index contributed by atoms with van der Waals surface area (Å²) in [5.74, 6) is 1.12. The van der Waals surface area contributed by atoms with Gasteiger partial charge in [-0.2, -0.15) is 0 Å². The first-order chi connectivity index (χ1) is 8.56. The number of hydrogen-bond acceptors (Lipinski definition) is 5. The molecule has 1 heterocycles. The smallest absolute Gasteiger partial charge is 0.130 e. The molecule has 5 nitrogen and oxygen atoms in total. The molecule has 18 heavy (non-hydrogen) atoms. The second-order valence-electron chi connectivity index (χ2n) is 5.82. The Balaban J connectivity index is 1.98. The molecule has 0 amide bonds. The fourth-order valence-corrected chi connectivity index (χ4v) is 3.03. The molecule has 5 heteroatoms. The van der Waals surface area contributed by atoms with Crippen molar-refractivity contribution in [1.29, 1.82) is 0 Å². The highest BCUT2D eigenvalue weighted by molar-refractivity contribution is 5.02. The maximum atomic E-state index is 3.68. The van der Waals surface area contributed by atoms with Crippen molar-refractivity contribution in [2.75, 3.05) is 34.9 Å². The van der Waals surface area contributed by atoms with Crippen LogP contribution >= 0.6 is 0 Å².